The van der Waals surface area contributed by atoms with E-state index in [9.17, 15) is 4.79 Å². The summed E-state index contributed by atoms with van der Waals surface area (Å²) in [6, 6.07) is 0. The molecule has 1 fully saturated rings. The fourth-order valence-electron chi connectivity index (χ4n) is 2.73. The Morgan fingerprint density at radius 3 is 2.88 bits per heavy atom. The van der Waals surface area contributed by atoms with Gasteiger partial charge in [-0.05, 0) is 44.6 Å². The van der Waals surface area contributed by atoms with Gasteiger partial charge in [0.25, 0.3) is 0 Å². The molecule has 1 heterocycles. The number of hydrogen-bond donors (Lipinski definition) is 0. The van der Waals surface area contributed by atoms with Crippen LogP contribution >= 0.6 is 0 Å². The molecule has 0 radical (unpaired) electrons. The van der Waals surface area contributed by atoms with E-state index >= 15 is 0 Å². The molecule has 0 saturated carbocycles. The molecule has 2 aliphatic rings. The lowest BCUT2D eigenvalue weighted by Gasteiger charge is -2.16. The largest absolute Gasteiger partial charge is 0.378 e. The lowest BCUT2D eigenvalue weighted by Crippen LogP contribution is -2.23. The maximum atomic E-state index is 12.3. The standard InChI is InChI=1S/C14H22O2/c1-11-13(9-10-16-11)14(15)12-7-5-3-2-4-6-8-12/h7,11,13H,2-6,8-10H2,1H3. The summed E-state index contributed by atoms with van der Waals surface area (Å²) >= 11 is 0. The number of rotatable bonds is 2. The van der Waals surface area contributed by atoms with Crippen LogP contribution in [0.25, 0.3) is 0 Å². The van der Waals surface area contributed by atoms with Gasteiger partial charge in [0.1, 0.15) is 0 Å². The molecule has 0 aromatic carbocycles. The third-order valence-corrected chi connectivity index (χ3v) is 3.82. The number of hydrogen-bond acceptors (Lipinski definition) is 2. The van der Waals surface area contributed by atoms with Crippen LogP contribution in [-0.4, -0.2) is 18.5 Å². The lowest BCUT2D eigenvalue weighted by molar-refractivity contribution is -0.120. The van der Waals surface area contributed by atoms with Crippen LogP contribution in [0, 0.1) is 5.92 Å². The molecule has 0 amide bonds. The minimum absolute atomic E-state index is 0.124. The Bertz CT molecular complexity index is 280. The van der Waals surface area contributed by atoms with Crippen molar-refractivity contribution in [1.29, 1.82) is 0 Å². The molecule has 1 saturated heterocycles. The van der Waals surface area contributed by atoms with Crippen molar-refractivity contribution in [2.75, 3.05) is 6.61 Å². The first-order chi connectivity index (χ1) is 7.79. The van der Waals surface area contributed by atoms with Crippen LogP contribution in [-0.2, 0) is 9.53 Å². The van der Waals surface area contributed by atoms with Crippen molar-refractivity contribution in [3.63, 3.8) is 0 Å². The zero-order chi connectivity index (χ0) is 11.4. The summed E-state index contributed by atoms with van der Waals surface area (Å²) in [5.41, 5.74) is 1.09. The van der Waals surface area contributed by atoms with Gasteiger partial charge < -0.3 is 4.74 Å². The summed E-state index contributed by atoms with van der Waals surface area (Å²) < 4.78 is 5.49. The van der Waals surface area contributed by atoms with E-state index < -0.39 is 0 Å². The molecule has 2 heteroatoms. The molecule has 2 rings (SSSR count). The van der Waals surface area contributed by atoms with Crippen molar-refractivity contribution in [2.24, 2.45) is 5.92 Å². The second-order valence-corrected chi connectivity index (χ2v) is 5.02. The Hall–Kier alpha value is -0.630. The minimum Gasteiger partial charge on any atom is -0.378 e. The molecule has 2 nitrogen and oxygen atoms in total. The van der Waals surface area contributed by atoms with Gasteiger partial charge in [-0.15, -0.1) is 0 Å². The van der Waals surface area contributed by atoms with E-state index in [2.05, 4.69) is 6.08 Å². The number of allylic oxidation sites excluding steroid dienone is 2. The quantitative estimate of drug-likeness (QED) is 0.717. The maximum absolute atomic E-state index is 12.3. The topological polar surface area (TPSA) is 26.3 Å². The number of ketones is 1. The van der Waals surface area contributed by atoms with Gasteiger partial charge in [0.05, 0.1) is 12.0 Å². The smallest absolute Gasteiger partial charge is 0.164 e. The molecular formula is C14H22O2. The zero-order valence-corrected chi connectivity index (χ0v) is 10.2. The van der Waals surface area contributed by atoms with Crippen molar-refractivity contribution in [3.05, 3.63) is 11.6 Å². The van der Waals surface area contributed by atoms with Crippen LogP contribution in [0.2, 0.25) is 0 Å². The Labute approximate surface area is 98.1 Å². The van der Waals surface area contributed by atoms with E-state index in [4.69, 9.17) is 4.74 Å². The number of carbonyl (C=O) groups is 1. The van der Waals surface area contributed by atoms with Gasteiger partial charge in [-0.25, -0.2) is 0 Å². The molecule has 0 N–H and O–H groups in total. The molecule has 2 unspecified atom stereocenters. The second-order valence-electron chi connectivity index (χ2n) is 5.02. The van der Waals surface area contributed by atoms with Crippen LogP contribution in [0.1, 0.15) is 51.9 Å². The van der Waals surface area contributed by atoms with E-state index in [0.29, 0.717) is 5.78 Å². The highest BCUT2D eigenvalue weighted by atomic mass is 16.5. The van der Waals surface area contributed by atoms with Crippen LogP contribution in [0.4, 0.5) is 0 Å². The number of carbonyl (C=O) groups excluding carboxylic acids is 1. The van der Waals surface area contributed by atoms with Gasteiger partial charge in [-0.2, -0.15) is 0 Å². The predicted molar refractivity (Wildman–Crippen MR) is 64.3 cm³/mol. The number of ether oxygens (including phenoxy) is 1. The van der Waals surface area contributed by atoms with Crippen LogP contribution in [0.5, 0.6) is 0 Å². The van der Waals surface area contributed by atoms with Crippen molar-refractivity contribution >= 4 is 5.78 Å². The molecule has 1 aliphatic carbocycles. The Balaban J connectivity index is 2.01. The van der Waals surface area contributed by atoms with E-state index in [-0.39, 0.29) is 12.0 Å². The van der Waals surface area contributed by atoms with E-state index in [0.717, 1.165) is 31.4 Å². The SMILES string of the molecule is CC1OCCC1C(=O)C1=CCCCCCC1. The van der Waals surface area contributed by atoms with Gasteiger partial charge in [-0.3, -0.25) is 4.79 Å². The highest BCUT2D eigenvalue weighted by Crippen LogP contribution is 2.27. The molecule has 90 valence electrons. The summed E-state index contributed by atoms with van der Waals surface area (Å²) in [7, 11) is 0. The molecule has 16 heavy (non-hydrogen) atoms. The molecule has 0 bridgehead atoms. The van der Waals surface area contributed by atoms with Crippen LogP contribution < -0.4 is 0 Å². The summed E-state index contributed by atoms with van der Waals surface area (Å²) in [6.07, 6.45) is 10.3. The first-order valence-electron chi connectivity index (χ1n) is 6.64. The van der Waals surface area contributed by atoms with Gasteiger partial charge in [0.15, 0.2) is 5.78 Å². The first kappa shape index (κ1) is 11.8. The zero-order valence-electron chi connectivity index (χ0n) is 10.2. The van der Waals surface area contributed by atoms with Crippen LogP contribution in [0.3, 0.4) is 0 Å². The third kappa shape index (κ3) is 2.73. The van der Waals surface area contributed by atoms with Crippen molar-refractivity contribution in [3.8, 4) is 0 Å². The van der Waals surface area contributed by atoms with E-state index in [1.54, 1.807) is 0 Å². The van der Waals surface area contributed by atoms with Gasteiger partial charge in [-0.1, -0.05) is 18.9 Å². The summed E-state index contributed by atoms with van der Waals surface area (Å²) in [4.78, 5) is 12.3. The van der Waals surface area contributed by atoms with Gasteiger partial charge in [0.2, 0.25) is 0 Å². The number of Topliss-reactive ketones (excluding diaryl/α,β-unsaturated/α-hetero) is 1. The Morgan fingerprint density at radius 2 is 2.12 bits per heavy atom. The monoisotopic (exact) mass is 222 g/mol. The minimum atomic E-state index is 0.124. The van der Waals surface area contributed by atoms with Gasteiger partial charge >= 0.3 is 0 Å². The average molecular weight is 222 g/mol. The third-order valence-electron chi connectivity index (χ3n) is 3.82. The molecule has 2 atom stereocenters. The molecule has 0 spiro atoms. The van der Waals surface area contributed by atoms with Crippen molar-refractivity contribution in [1.82, 2.24) is 0 Å². The maximum Gasteiger partial charge on any atom is 0.164 e. The molecule has 1 aliphatic heterocycles. The first-order valence-corrected chi connectivity index (χ1v) is 6.64. The summed E-state index contributed by atoms with van der Waals surface area (Å²) in [5.74, 6) is 0.498. The van der Waals surface area contributed by atoms with Crippen molar-refractivity contribution < 1.29 is 9.53 Å². The summed E-state index contributed by atoms with van der Waals surface area (Å²) in [6.45, 7) is 2.78. The molecule has 0 aromatic heterocycles. The second kappa shape index (κ2) is 5.62. The van der Waals surface area contributed by atoms with Crippen LogP contribution in [0.15, 0.2) is 11.6 Å². The van der Waals surface area contributed by atoms with Crippen molar-refractivity contribution in [2.45, 2.75) is 58.0 Å². The average Bonchev–Trinajstić information content (AvgIpc) is 2.63. The fourth-order valence-corrected chi connectivity index (χ4v) is 2.73. The van der Waals surface area contributed by atoms with Gasteiger partial charge in [0, 0.05) is 6.61 Å². The van der Waals surface area contributed by atoms with E-state index in [1.807, 2.05) is 6.92 Å². The Morgan fingerprint density at radius 1 is 1.31 bits per heavy atom. The highest BCUT2D eigenvalue weighted by molar-refractivity contribution is 5.97. The van der Waals surface area contributed by atoms with E-state index in [1.165, 1.54) is 25.7 Å². The summed E-state index contributed by atoms with van der Waals surface area (Å²) in [5, 5.41) is 0. The lowest BCUT2D eigenvalue weighted by atomic mass is 9.88. The molecule has 0 aromatic rings. The predicted octanol–water partition coefficient (Wildman–Crippen LogP) is 3.26. The highest BCUT2D eigenvalue weighted by Gasteiger charge is 2.32. The Kier molecular flexibility index (Phi) is 4.16. The molecular weight excluding hydrogens is 200 g/mol. The fraction of sp³-hybridized carbons (Fsp3) is 0.786. The normalized spacial score (nSPS) is 31.7.